The van der Waals surface area contributed by atoms with Gasteiger partial charge in [0.1, 0.15) is 0 Å². The van der Waals surface area contributed by atoms with Gasteiger partial charge in [0, 0.05) is 31.7 Å². The normalized spacial score (nSPS) is 20.2. The first-order valence-corrected chi connectivity index (χ1v) is 8.48. The lowest BCUT2D eigenvalue weighted by molar-refractivity contribution is 0.0963. The van der Waals surface area contributed by atoms with Crippen molar-refractivity contribution in [3.63, 3.8) is 0 Å². The van der Waals surface area contributed by atoms with Crippen molar-refractivity contribution in [3.05, 3.63) is 29.8 Å². The van der Waals surface area contributed by atoms with Gasteiger partial charge in [-0.1, -0.05) is 6.42 Å². The van der Waals surface area contributed by atoms with Gasteiger partial charge < -0.3 is 11.1 Å². The van der Waals surface area contributed by atoms with Crippen LogP contribution >= 0.6 is 0 Å². The van der Waals surface area contributed by atoms with Crippen molar-refractivity contribution < 1.29 is 13.2 Å². The lowest BCUT2D eigenvalue weighted by atomic mass is 10.1. The minimum Gasteiger partial charge on any atom is -0.355 e. The Labute approximate surface area is 125 Å². The van der Waals surface area contributed by atoms with E-state index in [-0.39, 0.29) is 16.8 Å². The Morgan fingerprint density at radius 3 is 2.57 bits per heavy atom. The lowest BCUT2D eigenvalue weighted by Crippen LogP contribution is -2.47. The zero-order valence-electron chi connectivity index (χ0n) is 12.1. The van der Waals surface area contributed by atoms with Crippen LogP contribution in [0.3, 0.4) is 0 Å². The zero-order valence-corrected chi connectivity index (χ0v) is 12.9. The Hall–Kier alpha value is -1.44. The van der Waals surface area contributed by atoms with E-state index in [2.05, 4.69) is 5.32 Å². The highest BCUT2D eigenvalue weighted by molar-refractivity contribution is 7.89. The molecule has 2 rings (SSSR count). The molecule has 0 radical (unpaired) electrons. The Kier molecular flexibility index (Phi) is 4.97. The first-order valence-electron chi connectivity index (χ1n) is 7.04. The predicted octanol–water partition coefficient (Wildman–Crippen LogP) is 0.548. The summed E-state index contributed by atoms with van der Waals surface area (Å²) in [6.45, 7) is 0.830. The molecule has 21 heavy (non-hydrogen) atoms. The molecule has 1 aliphatic rings. The van der Waals surface area contributed by atoms with Gasteiger partial charge in [-0.15, -0.1) is 0 Å². The van der Waals surface area contributed by atoms with Gasteiger partial charge in [0.25, 0.3) is 5.91 Å². The third kappa shape index (κ3) is 3.25. The van der Waals surface area contributed by atoms with Crippen LogP contribution in [0.2, 0.25) is 0 Å². The number of carbonyl (C=O) groups excluding carboxylic acids is 1. The maximum atomic E-state index is 12.7. The van der Waals surface area contributed by atoms with Crippen molar-refractivity contribution in [2.45, 2.75) is 30.2 Å². The van der Waals surface area contributed by atoms with Crippen molar-refractivity contribution in [1.29, 1.82) is 0 Å². The number of hydrogen-bond acceptors (Lipinski definition) is 4. The van der Waals surface area contributed by atoms with Crippen LogP contribution in [0.4, 0.5) is 0 Å². The maximum Gasteiger partial charge on any atom is 0.251 e. The molecule has 7 heteroatoms. The molecule has 1 fully saturated rings. The molecule has 0 aliphatic carbocycles. The van der Waals surface area contributed by atoms with E-state index < -0.39 is 10.0 Å². The Morgan fingerprint density at radius 2 is 2.00 bits per heavy atom. The molecule has 6 nitrogen and oxygen atoms in total. The van der Waals surface area contributed by atoms with Gasteiger partial charge in [-0.25, -0.2) is 8.42 Å². The van der Waals surface area contributed by atoms with Crippen LogP contribution in [0.15, 0.2) is 29.2 Å². The van der Waals surface area contributed by atoms with Crippen LogP contribution in [0, 0.1) is 0 Å². The van der Waals surface area contributed by atoms with Crippen molar-refractivity contribution in [1.82, 2.24) is 9.62 Å². The summed E-state index contributed by atoms with van der Waals surface area (Å²) in [5, 5.41) is 2.50. The van der Waals surface area contributed by atoms with E-state index in [9.17, 15) is 13.2 Å². The summed E-state index contributed by atoms with van der Waals surface area (Å²) >= 11 is 0. The fourth-order valence-corrected chi connectivity index (χ4v) is 4.29. The van der Waals surface area contributed by atoms with E-state index in [1.807, 2.05) is 0 Å². The second kappa shape index (κ2) is 6.55. The Bertz CT molecular complexity index is 598. The molecule has 0 unspecified atom stereocenters. The molecule has 1 aromatic rings. The number of benzene rings is 1. The molecule has 0 saturated carbocycles. The highest BCUT2D eigenvalue weighted by Crippen LogP contribution is 2.25. The summed E-state index contributed by atoms with van der Waals surface area (Å²) < 4.78 is 26.8. The first kappa shape index (κ1) is 15.9. The van der Waals surface area contributed by atoms with Gasteiger partial charge in [0.15, 0.2) is 0 Å². The number of rotatable bonds is 4. The Balaban J connectivity index is 2.28. The monoisotopic (exact) mass is 311 g/mol. The Morgan fingerprint density at radius 1 is 1.33 bits per heavy atom. The van der Waals surface area contributed by atoms with E-state index >= 15 is 0 Å². The van der Waals surface area contributed by atoms with Gasteiger partial charge in [-0.2, -0.15) is 4.31 Å². The summed E-state index contributed by atoms with van der Waals surface area (Å²) in [6, 6.07) is 5.85. The number of carbonyl (C=O) groups is 1. The van der Waals surface area contributed by atoms with Crippen LogP contribution in [-0.2, 0) is 10.0 Å². The number of nitrogens with one attached hydrogen (secondary N) is 1. The molecule has 1 saturated heterocycles. The van der Waals surface area contributed by atoms with Crippen molar-refractivity contribution in [2.24, 2.45) is 5.73 Å². The fraction of sp³-hybridized carbons (Fsp3) is 0.500. The standard InChI is InChI=1S/C14H21N3O3S/c1-16-14(18)11-5-7-13(8-6-11)21(19,20)17-9-3-2-4-12(17)10-15/h5-8,12H,2-4,9-10,15H2,1H3,(H,16,18)/t12-/m1/s1. The second-order valence-corrected chi connectivity index (χ2v) is 7.00. The third-order valence-corrected chi connectivity index (χ3v) is 5.76. The number of nitrogens with zero attached hydrogens (tertiary/aromatic N) is 1. The number of amides is 1. The smallest absolute Gasteiger partial charge is 0.251 e. The molecule has 1 aromatic carbocycles. The van der Waals surface area contributed by atoms with Crippen LogP contribution in [0.5, 0.6) is 0 Å². The molecule has 1 aliphatic heterocycles. The van der Waals surface area contributed by atoms with Gasteiger partial charge >= 0.3 is 0 Å². The molecular weight excluding hydrogens is 290 g/mol. The van der Waals surface area contributed by atoms with Gasteiger partial charge in [-0.3, -0.25) is 4.79 Å². The zero-order chi connectivity index (χ0) is 15.5. The minimum atomic E-state index is -3.55. The van der Waals surface area contributed by atoms with E-state index in [4.69, 9.17) is 5.73 Å². The average molecular weight is 311 g/mol. The molecule has 1 heterocycles. The molecule has 116 valence electrons. The predicted molar refractivity (Wildman–Crippen MR) is 80.4 cm³/mol. The largest absolute Gasteiger partial charge is 0.355 e. The minimum absolute atomic E-state index is 0.137. The maximum absolute atomic E-state index is 12.7. The summed E-state index contributed by atoms with van der Waals surface area (Å²) in [4.78, 5) is 11.7. The SMILES string of the molecule is CNC(=O)c1ccc(S(=O)(=O)N2CCCC[C@@H]2CN)cc1. The summed E-state index contributed by atoms with van der Waals surface area (Å²) in [6.07, 6.45) is 2.65. The van der Waals surface area contributed by atoms with Crippen LogP contribution < -0.4 is 11.1 Å². The molecule has 3 N–H and O–H groups in total. The number of piperidine rings is 1. The molecule has 1 amide bonds. The summed E-state index contributed by atoms with van der Waals surface area (Å²) in [5.74, 6) is -0.239. The van der Waals surface area contributed by atoms with Gasteiger partial charge in [-0.05, 0) is 37.1 Å². The van der Waals surface area contributed by atoms with Gasteiger partial charge in [0.05, 0.1) is 4.90 Å². The third-order valence-electron chi connectivity index (χ3n) is 3.80. The average Bonchev–Trinajstić information content (AvgIpc) is 2.54. The molecule has 0 bridgehead atoms. The fourth-order valence-electron chi connectivity index (χ4n) is 2.58. The molecule has 0 aromatic heterocycles. The van der Waals surface area contributed by atoms with Crippen molar-refractivity contribution in [2.75, 3.05) is 20.1 Å². The van der Waals surface area contributed by atoms with Crippen LogP contribution in [0.25, 0.3) is 0 Å². The number of sulfonamides is 1. The number of nitrogens with two attached hydrogens (primary N) is 1. The van der Waals surface area contributed by atoms with E-state index in [1.165, 1.54) is 35.6 Å². The topological polar surface area (TPSA) is 92.5 Å². The summed E-state index contributed by atoms with van der Waals surface area (Å²) in [5.41, 5.74) is 6.13. The summed E-state index contributed by atoms with van der Waals surface area (Å²) in [7, 11) is -2.02. The second-order valence-electron chi connectivity index (χ2n) is 5.10. The van der Waals surface area contributed by atoms with Crippen molar-refractivity contribution >= 4 is 15.9 Å². The molecular formula is C14H21N3O3S. The van der Waals surface area contributed by atoms with Gasteiger partial charge in [0.2, 0.25) is 10.0 Å². The molecule has 0 spiro atoms. The number of hydrogen-bond donors (Lipinski definition) is 2. The quantitative estimate of drug-likeness (QED) is 0.849. The highest BCUT2D eigenvalue weighted by Gasteiger charge is 2.32. The van der Waals surface area contributed by atoms with E-state index in [0.717, 1.165) is 19.3 Å². The highest BCUT2D eigenvalue weighted by atomic mass is 32.2. The van der Waals surface area contributed by atoms with Crippen LogP contribution in [0.1, 0.15) is 29.6 Å². The van der Waals surface area contributed by atoms with Crippen molar-refractivity contribution in [3.8, 4) is 0 Å². The van der Waals surface area contributed by atoms with Crippen LogP contribution in [-0.4, -0.2) is 44.8 Å². The van der Waals surface area contributed by atoms with E-state index in [0.29, 0.717) is 18.7 Å². The lowest BCUT2D eigenvalue weighted by Gasteiger charge is -2.33. The first-order chi connectivity index (χ1) is 10.0. The van der Waals surface area contributed by atoms with E-state index in [1.54, 1.807) is 0 Å². The molecule has 1 atom stereocenters.